The summed E-state index contributed by atoms with van der Waals surface area (Å²) < 4.78 is 26.7. The van der Waals surface area contributed by atoms with Gasteiger partial charge in [0.25, 0.3) is 0 Å². The van der Waals surface area contributed by atoms with Crippen LogP contribution < -0.4 is 10.6 Å². The van der Waals surface area contributed by atoms with Crippen molar-refractivity contribution < 1.29 is 13.2 Å². The highest BCUT2D eigenvalue weighted by Crippen LogP contribution is 2.22. The number of hydrogen-bond acceptors (Lipinski definition) is 3. The molecule has 0 radical (unpaired) electrons. The predicted molar refractivity (Wildman–Crippen MR) is 103 cm³/mol. The smallest absolute Gasteiger partial charge is 0.308 e. The number of hydrogen-bond donors (Lipinski definition) is 2. The normalized spacial score (nSPS) is 15.4. The Balaban J connectivity index is 1.64. The number of rotatable bonds is 4. The van der Waals surface area contributed by atoms with E-state index in [1.165, 1.54) is 16.4 Å². The van der Waals surface area contributed by atoms with Gasteiger partial charge in [-0.15, -0.1) is 0 Å². The van der Waals surface area contributed by atoms with Crippen LogP contribution in [0, 0.1) is 0 Å². The number of benzene rings is 2. The summed E-state index contributed by atoms with van der Waals surface area (Å²) >= 11 is 5.88. The van der Waals surface area contributed by atoms with Gasteiger partial charge in [0.15, 0.2) is 0 Å². The van der Waals surface area contributed by atoms with E-state index in [2.05, 4.69) is 10.6 Å². The van der Waals surface area contributed by atoms with Gasteiger partial charge in [-0.25, -0.2) is 13.2 Å². The first-order chi connectivity index (χ1) is 12.4. The number of piperidine rings is 1. The second-order valence-corrected chi connectivity index (χ2v) is 8.45. The quantitative estimate of drug-likeness (QED) is 0.818. The number of halogens is 1. The summed E-state index contributed by atoms with van der Waals surface area (Å²) in [7, 11) is -3.47. The largest absolute Gasteiger partial charge is 0.323 e. The number of nitrogens with one attached hydrogen (secondary N) is 2. The van der Waals surface area contributed by atoms with Gasteiger partial charge in [0.2, 0.25) is 10.0 Å². The lowest BCUT2D eigenvalue weighted by atomic mass is 10.2. The molecule has 8 heteroatoms. The van der Waals surface area contributed by atoms with Crippen LogP contribution in [0.1, 0.15) is 19.3 Å². The van der Waals surface area contributed by atoms with Crippen LogP contribution in [0.25, 0.3) is 0 Å². The third kappa shape index (κ3) is 4.55. The first-order valence-electron chi connectivity index (χ1n) is 8.39. The zero-order chi connectivity index (χ0) is 18.6. The molecule has 2 aromatic rings. The molecule has 0 spiro atoms. The van der Waals surface area contributed by atoms with Gasteiger partial charge in [-0.1, -0.05) is 24.1 Å². The van der Waals surface area contributed by atoms with E-state index in [9.17, 15) is 13.2 Å². The van der Waals surface area contributed by atoms with Crippen molar-refractivity contribution in [1.82, 2.24) is 4.31 Å². The van der Waals surface area contributed by atoms with E-state index in [4.69, 9.17) is 11.6 Å². The number of sulfonamides is 1. The average molecular weight is 394 g/mol. The molecule has 6 nitrogen and oxygen atoms in total. The molecule has 138 valence electrons. The number of nitrogens with zero attached hydrogens (tertiary/aromatic N) is 1. The lowest BCUT2D eigenvalue weighted by molar-refractivity contribution is 0.262. The molecular formula is C18H20ClN3O3S. The summed E-state index contributed by atoms with van der Waals surface area (Å²) in [6.45, 7) is 1.12. The van der Waals surface area contributed by atoms with E-state index < -0.39 is 16.1 Å². The molecule has 2 aromatic carbocycles. The first kappa shape index (κ1) is 18.7. The monoisotopic (exact) mass is 393 g/mol. The molecule has 2 amide bonds. The molecule has 2 N–H and O–H groups in total. The van der Waals surface area contributed by atoms with Crippen LogP contribution in [0.3, 0.4) is 0 Å². The molecule has 1 aliphatic rings. The van der Waals surface area contributed by atoms with E-state index in [0.29, 0.717) is 29.5 Å². The molecule has 0 aromatic heterocycles. The zero-order valence-corrected chi connectivity index (χ0v) is 15.7. The maximum atomic E-state index is 12.6. The van der Waals surface area contributed by atoms with Crippen LogP contribution in [-0.2, 0) is 10.0 Å². The van der Waals surface area contributed by atoms with Gasteiger partial charge in [-0.05, 0) is 55.3 Å². The van der Waals surface area contributed by atoms with E-state index in [-0.39, 0.29) is 4.90 Å². The Bertz CT molecular complexity index is 879. The maximum absolute atomic E-state index is 12.6. The highest BCUT2D eigenvalue weighted by molar-refractivity contribution is 7.89. The Morgan fingerprint density at radius 2 is 1.58 bits per heavy atom. The predicted octanol–water partition coefficient (Wildman–Crippen LogP) is 4.16. The molecule has 0 aliphatic carbocycles. The summed E-state index contributed by atoms with van der Waals surface area (Å²) in [5.74, 6) is 0. The number of carbonyl (C=O) groups is 1. The summed E-state index contributed by atoms with van der Waals surface area (Å²) in [6, 6.07) is 12.6. The Labute approximate surface area is 158 Å². The fraction of sp³-hybridized carbons (Fsp3) is 0.278. The van der Waals surface area contributed by atoms with Crippen LogP contribution in [0.15, 0.2) is 53.4 Å². The van der Waals surface area contributed by atoms with Crippen LogP contribution in [0.4, 0.5) is 16.2 Å². The minimum absolute atomic E-state index is 0.236. The molecule has 1 saturated heterocycles. The lowest BCUT2D eigenvalue weighted by Gasteiger charge is -2.25. The fourth-order valence-corrected chi connectivity index (χ4v) is 4.53. The Kier molecular flexibility index (Phi) is 5.80. The van der Waals surface area contributed by atoms with Crippen LogP contribution in [0.5, 0.6) is 0 Å². The topological polar surface area (TPSA) is 78.5 Å². The van der Waals surface area contributed by atoms with E-state index in [0.717, 1.165) is 19.3 Å². The molecule has 1 aliphatic heterocycles. The fourth-order valence-electron chi connectivity index (χ4n) is 2.82. The van der Waals surface area contributed by atoms with Gasteiger partial charge in [0.1, 0.15) is 0 Å². The Morgan fingerprint density at radius 3 is 2.23 bits per heavy atom. The van der Waals surface area contributed by atoms with Crippen molar-refractivity contribution in [3.05, 3.63) is 53.6 Å². The third-order valence-corrected chi connectivity index (χ3v) is 6.30. The Morgan fingerprint density at radius 1 is 0.923 bits per heavy atom. The van der Waals surface area contributed by atoms with Crippen molar-refractivity contribution >= 4 is 39.0 Å². The molecule has 1 heterocycles. The molecule has 0 saturated carbocycles. The van der Waals surface area contributed by atoms with Crippen molar-refractivity contribution in [3.8, 4) is 0 Å². The van der Waals surface area contributed by atoms with Crippen molar-refractivity contribution in [2.45, 2.75) is 24.2 Å². The second-order valence-electron chi connectivity index (χ2n) is 6.08. The van der Waals surface area contributed by atoms with Gasteiger partial charge < -0.3 is 10.6 Å². The molecule has 0 atom stereocenters. The van der Waals surface area contributed by atoms with E-state index in [1.54, 1.807) is 36.4 Å². The third-order valence-electron chi connectivity index (χ3n) is 4.15. The lowest BCUT2D eigenvalue weighted by Crippen LogP contribution is -2.35. The van der Waals surface area contributed by atoms with Crippen molar-refractivity contribution in [2.75, 3.05) is 23.7 Å². The van der Waals surface area contributed by atoms with Gasteiger partial charge >= 0.3 is 6.03 Å². The molecule has 0 bridgehead atoms. The maximum Gasteiger partial charge on any atom is 0.323 e. The number of amides is 2. The van der Waals surface area contributed by atoms with Gasteiger partial charge in [-0.2, -0.15) is 4.31 Å². The van der Waals surface area contributed by atoms with Crippen LogP contribution in [0.2, 0.25) is 5.02 Å². The molecule has 0 unspecified atom stereocenters. The SMILES string of the molecule is O=C(Nc1ccc(S(=O)(=O)N2CCCCC2)cc1)Nc1cccc(Cl)c1. The number of carbonyl (C=O) groups excluding carboxylic acids is 1. The minimum Gasteiger partial charge on any atom is -0.308 e. The average Bonchev–Trinajstić information content (AvgIpc) is 2.63. The molecule has 1 fully saturated rings. The first-order valence-corrected chi connectivity index (χ1v) is 10.2. The van der Waals surface area contributed by atoms with E-state index in [1.807, 2.05) is 0 Å². The van der Waals surface area contributed by atoms with Crippen molar-refractivity contribution in [1.29, 1.82) is 0 Å². The van der Waals surface area contributed by atoms with E-state index >= 15 is 0 Å². The second kappa shape index (κ2) is 8.07. The minimum atomic E-state index is -3.47. The van der Waals surface area contributed by atoms with Crippen molar-refractivity contribution in [2.24, 2.45) is 0 Å². The van der Waals surface area contributed by atoms with Gasteiger partial charge in [-0.3, -0.25) is 0 Å². The molecular weight excluding hydrogens is 374 g/mol. The summed E-state index contributed by atoms with van der Waals surface area (Å²) in [6.07, 6.45) is 2.85. The standard InChI is InChI=1S/C18H20ClN3O3S/c19-14-5-4-6-16(13-14)21-18(23)20-15-7-9-17(10-8-15)26(24,25)22-11-2-1-3-12-22/h4-10,13H,1-3,11-12H2,(H2,20,21,23). The highest BCUT2D eigenvalue weighted by Gasteiger charge is 2.25. The zero-order valence-electron chi connectivity index (χ0n) is 14.1. The van der Waals surface area contributed by atoms with Gasteiger partial charge in [0.05, 0.1) is 4.90 Å². The van der Waals surface area contributed by atoms with Crippen LogP contribution in [-0.4, -0.2) is 31.8 Å². The Hall–Kier alpha value is -2.09. The highest BCUT2D eigenvalue weighted by atomic mass is 35.5. The van der Waals surface area contributed by atoms with Gasteiger partial charge in [0, 0.05) is 29.5 Å². The molecule has 3 rings (SSSR count). The molecule has 26 heavy (non-hydrogen) atoms. The van der Waals surface area contributed by atoms with Crippen molar-refractivity contribution in [3.63, 3.8) is 0 Å². The number of anilines is 2. The summed E-state index contributed by atoms with van der Waals surface area (Å²) in [4.78, 5) is 12.3. The summed E-state index contributed by atoms with van der Waals surface area (Å²) in [5.41, 5.74) is 1.07. The summed E-state index contributed by atoms with van der Waals surface area (Å²) in [5, 5.41) is 5.86. The van der Waals surface area contributed by atoms with Crippen LogP contribution >= 0.6 is 11.6 Å². The number of urea groups is 1.